The topological polar surface area (TPSA) is 49.9 Å². The van der Waals surface area contributed by atoms with E-state index in [1.165, 1.54) is 5.56 Å². The molecular formula is C21H26N2O3S. The van der Waals surface area contributed by atoms with Crippen molar-refractivity contribution in [2.24, 2.45) is 5.92 Å². The van der Waals surface area contributed by atoms with Crippen LogP contribution in [0.15, 0.2) is 65.6 Å². The third-order valence-corrected chi connectivity index (χ3v) is 7.68. The van der Waals surface area contributed by atoms with Crippen molar-refractivity contribution in [3.63, 3.8) is 0 Å². The zero-order valence-electron chi connectivity index (χ0n) is 15.6. The minimum Gasteiger partial charge on any atom is -0.358 e. The van der Waals surface area contributed by atoms with Crippen LogP contribution in [-0.2, 0) is 21.3 Å². The van der Waals surface area contributed by atoms with Crippen LogP contribution in [-0.4, -0.2) is 49.6 Å². The molecule has 2 unspecified atom stereocenters. The fourth-order valence-corrected chi connectivity index (χ4v) is 6.17. The molecule has 2 aromatic carbocycles. The predicted molar refractivity (Wildman–Crippen MR) is 105 cm³/mol. The summed E-state index contributed by atoms with van der Waals surface area (Å²) in [5, 5.41) is 0. The van der Waals surface area contributed by atoms with Gasteiger partial charge >= 0.3 is 0 Å². The molecule has 0 amide bonds. The maximum absolute atomic E-state index is 13.3. The Morgan fingerprint density at radius 1 is 1.04 bits per heavy atom. The van der Waals surface area contributed by atoms with E-state index in [9.17, 15) is 8.42 Å². The highest BCUT2D eigenvalue weighted by molar-refractivity contribution is 7.89. The fraction of sp³-hybridized carbons (Fsp3) is 0.429. The first-order valence-electron chi connectivity index (χ1n) is 9.50. The Labute approximate surface area is 161 Å². The summed E-state index contributed by atoms with van der Waals surface area (Å²) in [6, 6.07) is 19.1. The van der Waals surface area contributed by atoms with Gasteiger partial charge in [-0.15, -0.1) is 0 Å². The van der Waals surface area contributed by atoms with Crippen LogP contribution in [0.3, 0.4) is 0 Å². The van der Waals surface area contributed by atoms with Gasteiger partial charge in [0.2, 0.25) is 10.0 Å². The van der Waals surface area contributed by atoms with E-state index >= 15 is 0 Å². The smallest absolute Gasteiger partial charge is 0.245 e. The number of rotatable bonds is 4. The van der Waals surface area contributed by atoms with E-state index in [1.54, 1.807) is 28.6 Å². The number of likely N-dealkylation sites (tertiary alicyclic amines) is 1. The average molecular weight is 387 g/mol. The van der Waals surface area contributed by atoms with Gasteiger partial charge in [-0.05, 0) is 17.7 Å². The van der Waals surface area contributed by atoms with Gasteiger partial charge in [0.05, 0.1) is 11.5 Å². The molecule has 2 aromatic rings. The van der Waals surface area contributed by atoms with E-state index in [0.29, 0.717) is 24.5 Å². The van der Waals surface area contributed by atoms with Crippen LogP contribution in [0.4, 0.5) is 0 Å². The van der Waals surface area contributed by atoms with Crippen molar-refractivity contribution in [2.45, 2.75) is 30.5 Å². The van der Waals surface area contributed by atoms with Gasteiger partial charge in [-0.1, -0.05) is 55.5 Å². The molecule has 2 fully saturated rings. The predicted octanol–water partition coefficient (Wildman–Crippen LogP) is 2.95. The van der Waals surface area contributed by atoms with Crippen molar-refractivity contribution in [3.8, 4) is 0 Å². The van der Waals surface area contributed by atoms with E-state index in [-0.39, 0.29) is 5.92 Å². The lowest BCUT2D eigenvalue weighted by Gasteiger charge is -2.47. The second kappa shape index (κ2) is 7.36. The van der Waals surface area contributed by atoms with Gasteiger partial charge in [-0.2, -0.15) is 4.31 Å². The van der Waals surface area contributed by atoms with Gasteiger partial charge in [0.15, 0.2) is 0 Å². The molecule has 2 heterocycles. The zero-order chi connectivity index (χ0) is 18.9. The molecule has 27 heavy (non-hydrogen) atoms. The molecular weight excluding hydrogens is 360 g/mol. The molecule has 0 aromatic heterocycles. The lowest BCUT2D eigenvalue weighted by Crippen LogP contribution is -2.59. The van der Waals surface area contributed by atoms with Crippen molar-refractivity contribution in [1.29, 1.82) is 0 Å². The SMILES string of the molecule is CC1CN(Cc2ccccc2)CCC12OCCN2S(=O)(=O)c1ccccc1. The summed E-state index contributed by atoms with van der Waals surface area (Å²) in [4.78, 5) is 2.73. The number of hydrogen-bond donors (Lipinski definition) is 0. The molecule has 0 saturated carbocycles. The number of nitrogens with zero attached hydrogens (tertiary/aromatic N) is 2. The standard InChI is InChI=1S/C21H26N2O3S/c1-18-16-22(17-19-8-4-2-5-9-19)13-12-21(18)23(14-15-26-21)27(24,25)20-10-6-3-7-11-20/h2-11,18H,12-17H2,1H3. The Hall–Kier alpha value is -1.73. The molecule has 5 nitrogen and oxygen atoms in total. The van der Waals surface area contributed by atoms with Crippen LogP contribution in [0.2, 0.25) is 0 Å². The van der Waals surface area contributed by atoms with Crippen LogP contribution in [0.5, 0.6) is 0 Å². The Bertz CT molecular complexity index is 873. The average Bonchev–Trinajstić information content (AvgIpc) is 3.12. The lowest BCUT2D eigenvalue weighted by molar-refractivity contribution is -0.129. The van der Waals surface area contributed by atoms with Gasteiger partial charge in [-0.3, -0.25) is 4.90 Å². The van der Waals surface area contributed by atoms with Crippen LogP contribution < -0.4 is 0 Å². The molecule has 2 atom stereocenters. The summed E-state index contributed by atoms with van der Waals surface area (Å²) < 4.78 is 34.3. The summed E-state index contributed by atoms with van der Waals surface area (Å²) in [5.74, 6) is 0.0935. The zero-order valence-corrected chi connectivity index (χ0v) is 16.4. The minimum absolute atomic E-state index is 0.0935. The fourth-order valence-electron chi connectivity index (χ4n) is 4.37. The molecule has 6 heteroatoms. The highest BCUT2D eigenvalue weighted by atomic mass is 32.2. The summed E-state index contributed by atoms with van der Waals surface area (Å²) >= 11 is 0. The first kappa shape index (κ1) is 18.6. The molecule has 2 aliphatic heterocycles. The third kappa shape index (κ3) is 3.43. The first-order chi connectivity index (χ1) is 13.0. The van der Waals surface area contributed by atoms with Gasteiger partial charge in [-0.25, -0.2) is 8.42 Å². The van der Waals surface area contributed by atoms with E-state index in [0.717, 1.165) is 19.6 Å². The minimum atomic E-state index is -3.57. The summed E-state index contributed by atoms with van der Waals surface area (Å²) in [6.45, 7) is 5.49. The molecule has 0 bridgehead atoms. The second-order valence-electron chi connectivity index (χ2n) is 7.46. The molecule has 0 N–H and O–H groups in total. The number of ether oxygens (including phenoxy) is 1. The number of hydrogen-bond acceptors (Lipinski definition) is 4. The lowest BCUT2D eigenvalue weighted by atomic mass is 9.89. The van der Waals surface area contributed by atoms with Gasteiger partial charge in [0.1, 0.15) is 5.72 Å². The van der Waals surface area contributed by atoms with Crippen molar-refractivity contribution >= 4 is 10.0 Å². The monoisotopic (exact) mass is 386 g/mol. The molecule has 2 aliphatic rings. The quantitative estimate of drug-likeness (QED) is 0.811. The Balaban J connectivity index is 1.54. The van der Waals surface area contributed by atoms with Crippen molar-refractivity contribution in [3.05, 3.63) is 66.2 Å². The van der Waals surface area contributed by atoms with Gasteiger partial charge in [0.25, 0.3) is 0 Å². The van der Waals surface area contributed by atoms with Crippen LogP contribution >= 0.6 is 0 Å². The normalized spacial score (nSPS) is 27.2. The molecule has 0 aliphatic carbocycles. The highest BCUT2D eigenvalue weighted by Crippen LogP contribution is 2.41. The number of sulfonamides is 1. The second-order valence-corrected chi connectivity index (χ2v) is 9.32. The van der Waals surface area contributed by atoms with Crippen molar-refractivity contribution in [2.75, 3.05) is 26.2 Å². The number of benzene rings is 2. The number of piperidine rings is 1. The van der Waals surface area contributed by atoms with Gasteiger partial charge in [0, 0.05) is 38.5 Å². The molecule has 144 valence electrons. The molecule has 0 radical (unpaired) electrons. The summed E-state index contributed by atoms with van der Waals surface area (Å²) in [7, 11) is -3.57. The Kier molecular flexibility index (Phi) is 5.07. The molecule has 2 saturated heterocycles. The van der Waals surface area contributed by atoms with E-state index in [4.69, 9.17) is 4.74 Å². The van der Waals surface area contributed by atoms with Crippen LogP contribution in [0, 0.1) is 5.92 Å². The molecule has 1 spiro atoms. The Morgan fingerprint density at radius 3 is 2.37 bits per heavy atom. The largest absolute Gasteiger partial charge is 0.358 e. The first-order valence-corrected chi connectivity index (χ1v) is 10.9. The van der Waals surface area contributed by atoms with E-state index in [2.05, 4.69) is 36.1 Å². The Morgan fingerprint density at radius 2 is 1.70 bits per heavy atom. The summed E-state index contributed by atoms with van der Waals surface area (Å²) in [5.41, 5.74) is 0.545. The van der Waals surface area contributed by atoms with Crippen molar-refractivity contribution < 1.29 is 13.2 Å². The molecule has 4 rings (SSSR count). The van der Waals surface area contributed by atoms with E-state index in [1.807, 2.05) is 12.1 Å². The van der Waals surface area contributed by atoms with Gasteiger partial charge < -0.3 is 4.74 Å². The maximum atomic E-state index is 13.3. The third-order valence-electron chi connectivity index (χ3n) is 5.74. The van der Waals surface area contributed by atoms with Crippen molar-refractivity contribution in [1.82, 2.24) is 9.21 Å². The van der Waals surface area contributed by atoms with Crippen LogP contribution in [0.1, 0.15) is 18.9 Å². The maximum Gasteiger partial charge on any atom is 0.245 e. The van der Waals surface area contributed by atoms with E-state index < -0.39 is 15.7 Å². The highest BCUT2D eigenvalue weighted by Gasteiger charge is 2.54. The summed E-state index contributed by atoms with van der Waals surface area (Å²) in [6.07, 6.45) is 0.688. The van der Waals surface area contributed by atoms with Crippen LogP contribution in [0.25, 0.3) is 0 Å².